The lowest BCUT2D eigenvalue weighted by Gasteiger charge is -2.28. The van der Waals surface area contributed by atoms with Crippen LogP contribution in [0, 0.1) is 23.2 Å². The zero-order chi connectivity index (χ0) is 14.9. The Morgan fingerprint density at radius 2 is 1.95 bits per heavy atom. The number of allylic oxidation sites excluding steroid dienone is 2. The van der Waals surface area contributed by atoms with Crippen LogP contribution in [-0.2, 0) is 9.59 Å². The summed E-state index contributed by atoms with van der Waals surface area (Å²) in [5, 5.41) is 0.755. The first-order valence-electron chi connectivity index (χ1n) is 6.96. The van der Waals surface area contributed by atoms with E-state index in [1.54, 1.807) is 18.2 Å². The van der Waals surface area contributed by atoms with Gasteiger partial charge in [-0.25, -0.2) is 4.90 Å². The number of amides is 2. The van der Waals surface area contributed by atoms with Crippen LogP contribution in [0.5, 0.6) is 0 Å². The molecular formula is C16H13Cl2NO2. The first-order valence-corrected chi connectivity index (χ1v) is 7.72. The monoisotopic (exact) mass is 321 g/mol. The summed E-state index contributed by atoms with van der Waals surface area (Å²) < 4.78 is 0. The lowest BCUT2D eigenvalue weighted by molar-refractivity contribution is -0.127. The summed E-state index contributed by atoms with van der Waals surface area (Å²) in [4.78, 5) is 27.0. The van der Waals surface area contributed by atoms with Gasteiger partial charge in [-0.15, -0.1) is 0 Å². The molecule has 0 spiro atoms. The van der Waals surface area contributed by atoms with Crippen LogP contribution in [0.3, 0.4) is 0 Å². The van der Waals surface area contributed by atoms with Crippen molar-refractivity contribution in [3.8, 4) is 0 Å². The summed E-state index contributed by atoms with van der Waals surface area (Å²) >= 11 is 11.9. The van der Waals surface area contributed by atoms with Gasteiger partial charge in [-0.05, 0) is 43.4 Å². The minimum atomic E-state index is -0.609. The highest BCUT2D eigenvalue weighted by Crippen LogP contribution is 2.60. The molecule has 108 valence electrons. The predicted octanol–water partition coefficient (Wildman–Crippen LogP) is 3.70. The second-order valence-electron chi connectivity index (χ2n) is 6.23. The van der Waals surface area contributed by atoms with Gasteiger partial charge in [0.15, 0.2) is 0 Å². The molecule has 1 heterocycles. The van der Waals surface area contributed by atoms with Gasteiger partial charge in [-0.2, -0.15) is 0 Å². The van der Waals surface area contributed by atoms with E-state index in [9.17, 15) is 9.59 Å². The lowest BCUT2D eigenvalue weighted by Crippen LogP contribution is -2.37. The van der Waals surface area contributed by atoms with Gasteiger partial charge < -0.3 is 0 Å². The number of benzene rings is 1. The molecule has 3 aliphatic rings. The molecule has 0 N–H and O–H groups in total. The zero-order valence-electron chi connectivity index (χ0n) is 11.3. The van der Waals surface area contributed by atoms with E-state index in [0.29, 0.717) is 15.7 Å². The molecule has 1 aliphatic heterocycles. The van der Waals surface area contributed by atoms with E-state index in [1.807, 2.05) is 6.92 Å². The molecule has 1 saturated carbocycles. The first kappa shape index (κ1) is 13.4. The Bertz CT molecular complexity index is 714. The first-order chi connectivity index (χ1) is 9.94. The van der Waals surface area contributed by atoms with Crippen molar-refractivity contribution in [2.24, 2.45) is 23.2 Å². The van der Waals surface area contributed by atoms with Gasteiger partial charge in [-0.3, -0.25) is 9.59 Å². The van der Waals surface area contributed by atoms with Crippen molar-refractivity contribution in [2.75, 3.05) is 4.90 Å². The molecule has 1 saturated heterocycles. The van der Waals surface area contributed by atoms with E-state index in [0.717, 1.165) is 6.42 Å². The molecule has 2 fully saturated rings. The van der Waals surface area contributed by atoms with Gasteiger partial charge in [0.2, 0.25) is 11.8 Å². The minimum absolute atomic E-state index is 0.113. The number of rotatable bonds is 1. The molecule has 2 aliphatic carbocycles. The zero-order valence-corrected chi connectivity index (χ0v) is 12.9. The van der Waals surface area contributed by atoms with E-state index in [2.05, 4.69) is 12.2 Å². The fourth-order valence-electron chi connectivity index (χ4n) is 4.17. The van der Waals surface area contributed by atoms with Gasteiger partial charge in [0.25, 0.3) is 0 Å². The van der Waals surface area contributed by atoms with E-state index in [1.165, 1.54) is 4.90 Å². The molecule has 0 unspecified atom stereocenters. The maximum absolute atomic E-state index is 12.9. The second kappa shape index (κ2) is 4.11. The third kappa shape index (κ3) is 1.51. The average Bonchev–Trinajstić information content (AvgIpc) is 3.07. The quantitative estimate of drug-likeness (QED) is 0.584. The Labute approximate surface area is 132 Å². The Kier molecular flexibility index (Phi) is 2.61. The highest BCUT2D eigenvalue weighted by Gasteiger charge is 2.67. The van der Waals surface area contributed by atoms with Gasteiger partial charge >= 0.3 is 0 Å². The summed E-state index contributed by atoms with van der Waals surface area (Å²) in [6.45, 7) is 1.92. The third-order valence-corrected chi connectivity index (χ3v) is 6.01. The van der Waals surface area contributed by atoms with Crippen LogP contribution in [0.4, 0.5) is 5.69 Å². The van der Waals surface area contributed by atoms with Crippen LogP contribution in [0.2, 0.25) is 10.0 Å². The SMILES string of the molecule is C[C@]12C(=O)N(c3ccc(Cl)c(Cl)c3)C(=O)[C@H]1[C@H]1C=C[C@H]2C1. The fraction of sp³-hybridized carbons (Fsp3) is 0.375. The van der Waals surface area contributed by atoms with Gasteiger partial charge in [-0.1, -0.05) is 35.4 Å². The smallest absolute Gasteiger partial charge is 0.241 e. The molecule has 0 aromatic heterocycles. The van der Waals surface area contributed by atoms with Gasteiger partial charge in [0.1, 0.15) is 0 Å². The standard InChI is InChI=1S/C16H13Cl2NO2/c1-16-9-3-2-8(6-9)13(16)14(20)19(15(16)21)10-4-5-11(17)12(18)7-10/h2-5,7-9,13H,6H2,1H3/t8-,9-,13+,16+/m0/s1. The number of halogens is 2. The van der Waals surface area contributed by atoms with E-state index < -0.39 is 5.41 Å². The second-order valence-corrected chi connectivity index (χ2v) is 7.04. The number of anilines is 1. The Morgan fingerprint density at radius 3 is 2.62 bits per heavy atom. The van der Waals surface area contributed by atoms with Crippen LogP contribution >= 0.6 is 23.2 Å². The van der Waals surface area contributed by atoms with Crippen molar-refractivity contribution in [1.29, 1.82) is 0 Å². The molecule has 1 aromatic carbocycles. The number of fused-ring (bicyclic) bond motifs is 5. The number of nitrogens with zero attached hydrogens (tertiary/aromatic N) is 1. The number of hydrogen-bond acceptors (Lipinski definition) is 2. The third-order valence-electron chi connectivity index (χ3n) is 5.27. The molecule has 2 bridgehead atoms. The molecule has 5 heteroatoms. The highest BCUT2D eigenvalue weighted by atomic mass is 35.5. The maximum Gasteiger partial charge on any atom is 0.241 e. The molecule has 2 amide bonds. The predicted molar refractivity (Wildman–Crippen MR) is 81.3 cm³/mol. The van der Waals surface area contributed by atoms with Gasteiger partial charge in [0, 0.05) is 0 Å². The number of imide groups is 1. The number of carbonyl (C=O) groups excluding carboxylic acids is 2. The van der Waals surface area contributed by atoms with Crippen LogP contribution in [0.1, 0.15) is 13.3 Å². The topological polar surface area (TPSA) is 37.4 Å². The Balaban J connectivity index is 1.81. The minimum Gasteiger partial charge on any atom is -0.274 e. The maximum atomic E-state index is 12.9. The van der Waals surface area contributed by atoms with Gasteiger partial charge in [0.05, 0.1) is 27.1 Å². The van der Waals surface area contributed by atoms with Crippen LogP contribution in [-0.4, -0.2) is 11.8 Å². The molecule has 4 rings (SSSR count). The van der Waals surface area contributed by atoms with Crippen LogP contribution < -0.4 is 4.90 Å². The summed E-state index contributed by atoms with van der Waals surface area (Å²) in [6, 6.07) is 4.87. The average molecular weight is 322 g/mol. The molecule has 0 radical (unpaired) electrons. The van der Waals surface area contributed by atoms with Crippen molar-refractivity contribution in [2.45, 2.75) is 13.3 Å². The van der Waals surface area contributed by atoms with E-state index >= 15 is 0 Å². The van der Waals surface area contributed by atoms with Crippen molar-refractivity contribution >= 4 is 40.7 Å². The Morgan fingerprint density at radius 1 is 1.19 bits per heavy atom. The fourth-order valence-corrected chi connectivity index (χ4v) is 4.47. The highest BCUT2D eigenvalue weighted by molar-refractivity contribution is 6.42. The van der Waals surface area contributed by atoms with E-state index in [-0.39, 0.29) is 29.6 Å². The molecule has 21 heavy (non-hydrogen) atoms. The molecule has 3 nitrogen and oxygen atoms in total. The van der Waals surface area contributed by atoms with E-state index in [4.69, 9.17) is 23.2 Å². The summed E-state index contributed by atoms with van der Waals surface area (Å²) in [5.74, 6) is -0.124. The summed E-state index contributed by atoms with van der Waals surface area (Å²) in [6.07, 6.45) is 5.08. The molecule has 1 aromatic rings. The molecular weight excluding hydrogens is 309 g/mol. The van der Waals surface area contributed by atoms with Crippen molar-refractivity contribution < 1.29 is 9.59 Å². The normalized spacial score (nSPS) is 36.7. The number of hydrogen-bond donors (Lipinski definition) is 0. The Hall–Kier alpha value is -1.32. The van der Waals surface area contributed by atoms with Crippen molar-refractivity contribution in [3.63, 3.8) is 0 Å². The lowest BCUT2D eigenvalue weighted by atomic mass is 9.71. The number of carbonyl (C=O) groups is 2. The van der Waals surface area contributed by atoms with Crippen molar-refractivity contribution in [1.82, 2.24) is 0 Å². The molecule has 4 atom stereocenters. The largest absolute Gasteiger partial charge is 0.274 e. The summed E-state index contributed by atoms with van der Waals surface area (Å²) in [5.41, 5.74) is -0.0998. The van der Waals surface area contributed by atoms with Crippen molar-refractivity contribution in [3.05, 3.63) is 40.4 Å². The summed E-state index contributed by atoms with van der Waals surface area (Å²) in [7, 11) is 0. The van der Waals surface area contributed by atoms with Crippen LogP contribution in [0.15, 0.2) is 30.4 Å². The van der Waals surface area contributed by atoms with Crippen LogP contribution in [0.25, 0.3) is 0 Å².